The molecule has 0 bridgehead atoms. The third-order valence-corrected chi connectivity index (χ3v) is 7.33. The second kappa shape index (κ2) is 11.8. The maximum Gasteiger partial charge on any atom is 0.336 e. The van der Waals surface area contributed by atoms with E-state index in [0.717, 1.165) is 5.56 Å². The number of hydrogen-bond donors (Lipinski definition) is 1. The molecule has 0 spiro atoms. The molecule has 5 rings (SSSR count). The monoisotopic (exact) mass is 552 g/mol. The number of benzene rings is 3. The second-order valence-electron chi connectivity index (χ2n) is 10.1. The molecule has 0 amide bonds. The van der Waals surface area contributed by atoms with Crippen molar-refractivity contribution in [2.75, 3.05) is 27.3 Å². The molecule has 8 nitrogen and oxygen atoms in total. The fourth-order valence-corrected chi connectivity index (χ4v) is 5.38. The van der Waals surface area contributed by atoms with Gasteiger partial charge in [-0.15, -0.1) is 0 Å². The van der Waals surface area contributed by atoms with Crippen molar-refractivity contribution in [3.8, 4) is 0 Å². The Hall–Kier alpha value is -4.69. The summed E-state index contributed by atoms with van der Waals surface area (Å²) in [6.45, 7) is 4.89. The summed E-state index contributed by atoms with van der Waals surface area (Å²) >= 11 is 0. The molecule has 0 saturated heterocycles. The zero-order chi connectivity index (χ0) is 29.1. The van der Waals surface area contributed by atoms with E-state index in [1.807, 2.05) is 37.4 Å². The number of fused-ring (bicyclic) bond motifs is 2. The van der Waals surface area contributed by atoms with Gasteiger partial charge in [-0.3, -0.25) is 9.69 Å². The van der Waals surface area contributed by atoms with Crippen molar-refractivity contribution < 1.29 is 23.5 Å². The molecule has 2 heterocycles. The third kappa shape index (κ3) is 5.51. The van der Waals surface area contributed by atoms with Crippen LogP contribution in [0.3, 0.4) is 0 Å². The first-order valence-corrected chi connectivity index (χ1v) is 13.4. The first-order valence-electron chi connectivity index (χ1n) is 13.4. The van der Waals surface area contributed by atoms with Crippen molar-refractivity contribution in [1.29, 1.82) is 0 Å². The molecule has 210 valence electrons. The zero-order valence-corrected chi connectivity index (χ0v) is 23.5. The lowest BCUT2D eigenvalue weighted by atomic mass is 9.79. The number of nitrogens with zero attached hydrogens (tertiary/aromatic N) is 1. The van der Waals surface area contributed by atoms with E-state index < -0.39 is 17.9 Å². The van der Waals surface area contributed by atoms with Gasteiger partial charge in [0.2, 0.25) is 5.43 Å². The van der Waals surface area contributed by atoms with Crippen molar-refractivity contribution in [2.45, 2.75) is 26.3 Å². The summed E-state index contributed by atoms with van der Waals surface area (Å²) in [6, 6.07) is 22.2. The summed E-state index contributed by atoms with van der Waals surface area (Å²) in [7, 11) is 3.25. The summed E-state index contributed by atoms with van der Waals surface area (Å²) in [5.41, 5.74) is 3.77. The molecule has 8 heteroatoms. The third-order valence-electron chi connectivity index (χ3n) is 7.33. The molecule has 4 aromatic rings. The summed E-state index contributed by atoms with van der Waals surface area (Å²) in [5.74, 6) is -2.05. The predicted molar refractivity (Wildman–Crippen MR) is 157 cm³/mol. The van der Waals surface area contributed by atoms with Gasteiger partial charge in [-0.2, -0.15) is 0 Å². The van der Waals surface area contributed by atoms with E-state index in [1.165, 1.54) is 7.11 Å². The quantitative estimate of drug-likeness (QED) is 0.240. The first-order chi connectivity index (χ1) is 19.8. The normalized spacial score (nSPS) is 15.4. The van der Waals surface area contributed by atoms with E-state index in [1.54, 1.807) is 56.3 Å². The molecule has 0 radical (unpaired) electrons. The molecular formula is C33H32N2O6. The van der Waals surface area contributed by atoms with Gasteiger partial charge in [-0.05, 0) is 44.7 Å². The summed E-state index contributed by atoms with van der Waals surface area (Å²) < 4.78 is 17.2. The molecule has 41 heavy (non-hydrogen) atoms. The SMILES string of the molecule is COC(=O)C1=C(C)NC(C)=C(C(=O)OCCN(C)Cc2ccccc2)C1c1cccc2c(=O)c3ccccc3oc12. The van der Waals surface area contributed by atoms with Gasteiger partial charge in [0.15, 0.2) is 0 Å². The summed E-state index contributed by atoms with van der Waals surface area (Å²) in [5, 5.41) is 3.96. The van der Waals surface area contributed by atoms with Crippen LogP contribution in [-0.4, -0.2) is 44.1 Å². The standard InChI is InChI=1S/C33H32N2O6/c1-20-27(32(37)39-4)29(24-14-10-15-25-30(36)23-13-8-9-16-26(23)41-31(24)25)28(21(2)34-20)33(38)40-18-17-35(3)19-22-11-6-5-7-12-22/h5-16,29,34H,17-19H2,1-4H3. The molecule has 0 aliphatic carbocycles. The molecular weight excluding hydrogens is 520 g/mol. The Morgan fingerprint density at radius 1 is 0.878 bits per heavy atom. The molecule has 1 unspecified atom stereocenters. The topological polar surface area (TPSA) is 98.1 Å². The lowest BCUT2D eigenvalue weighted by Crippen LogP contribution is -2.33. The summed E-state index contributed by atoms with van der Waals surface area (Å²) in [4.78, 5) is 42.3. The number of likely N-dealkylation sites (N-methyl/N-ethyl adjacent to an activating group) is 1. The van der Waals surface area contributed by atoms with E-state index in [0.29, 0.717) is 52.0 Å². The van der Waals surface area contributed by atoms with Gasteiger partial charge in [0.25, 0.3) is 0 Å². The number of para-hydroxylation sites is 2. The smallest absolute Gasteiger partial charge is 0.336 e. The maximum absolute atomic E-state index is 13.7. The molecule has 1 aliphatic heterocycles. The van der Waals surface area contributed by atoms with E-state index >= 15 is 0 Å². The van der Waals surface area contributed by atoms with Gasteiger partial charge in [0, 0.05) is 30.0 Å². The Bertz CT molecular complexity index is 1750. The number of nitrogens with one attached hydrogen (secondary N) is 1. The van der Waals surface area contributed by atoms with E-state index in [2.05, 4.69) is 10.2 Å². The van der Waals surface area contributed by atoms with Gasteiger partial charge in [0.1, 0.15) is 17.8 Å². The van der Waals surface area contributed by atoms with E-state index in [9.17, 15) is 14.4 Å². The fraction of sp³-hybridized carbons (Fsp3) is 0.242. The Morgan fingerprint density at radius 3 is 2.27 bits per heavy atom. The van der Waals surface area contributed by atoms with Crippen LogP contribution < -0.4 is 10.7 Å². The van der Waals surface area contributed by atoms with Crippen molar-refractivity contribution >= 4 is 33.9 Å². The molecule has 1 aliphatic rings. The Balaban J connectivity index is 1.52. The van der Waals surface area contributed by atoms with Gasteiger partial charge in [0.05, 0.1) is 34.9 Å². The van der Waals surface area contributed by atoms with E-state index in [-0.39, 0.29) is 23.2 Å². The number of allylic oxidation sites excluding steroid dienone is 2. The van der Waals surface area contributed by atoms with Crippen LogP contribution in [0.5, 0.6) is 0 Å². The first kappa shape index (κ1) is 27.9. The molecule has 0 fully saturated rings. The lowest BCUT2D eigenvalue weighted by molar-refractivity contribution is -0.139. The number of hydrogen-bond acceptors (Lipinski definition) is 8. The molecule has 0 saturated carbocycles. The van der Waals surface area contributed by atoms with Crippen LogP contribution in [0, 0.1) is 0 Å². The van der Waals surface area contributed by atoms with E-state index in [4.69, 9.17) is 13.9 Å². The molecule has 1 N–H and O–H groups in total. The maximum atomic E-state index is 13.7. The largest absolute Gasteiger partial charge is 0.466 e. The van der Waals surface area contributed by atoms with Crippen molar-refractivity contribution in [1.82, 2.24) is 10.2 Å². The highest BCUT2D eigenvalue weighted by Crippen LogP contribution is 2.42. The van der Waals surface area contributed by atoms with Gasteiger partial charge >= 0.3 is 11.9 Å². The highest BCUT2D eigenvalue weighted by Gasteiger charge is 2.39. The van der Waals surface area contributed by atoms with Crippen LogP contribution >= 0.6 is 0 Å². The number of dihydropyridines is 1. The minimum Gasteiger partial charge on any atom is -0.466 e. The second-order valence-corrected chi connectivity index (χ2v) is 10.1. The van der Waals surface area contributed by atoms with Crippen LogP contribution in [0.2, 0.25) is 0 Å². The minimum absolute atomic E-state index is 0.150. The van der Waals surface area contributed by atoms with Crippen LogP contribution in [-0.2, 0) is 25.6 Å². The molecule has 3 aromatic carbocycles. The number of ether oxygens (including phenoxy) is 2. The Morgan fingerprint density at radius 2 is 1.54 bits per heavy atom. The van der Waals surface area contributed by atoms with Crippen LogP contribution in [0.4, 0.5) is 0 Å². The Labute approximate surface area is 237 Å². The zero-order valence-electron chi connectivity index (χ0n) is 23.5. The molecule has 1 aromatic heterocycles. The van der Waals surface area contributed by atoms with Crippen LogP contribution in [0.25, 0.3) is 21.9 Å². The minimum atomic E-state index is -0.883. The highest BCUT2D eigenvalue weighted by atomic mass is 16.5. The van der Waals surface area contributed by atoms with Gasteiger partial charge in [-0.1, -0.05) is 54.6 Å². The number of methoxy groups -OCH3 is 1. The van der Waals surface area contributed by atoms with Crippen LogP contribution in [0.1, 0.15) is 30.9 Å². The van der Waals surface area contributed by atoms with Crippen molar-refractivity contribution in [3.05, 3.63) is 117 Å². The predicted octanol–water partition coefficient (Wildman–Crippen LogP) is 5.03. The number of carbonyl (C=O) groups excluding carboxylic acids is 2. The fourth-order valence-electron chi connectivity index (χ4n) is 5.38. The number of esters is 2. The van der Waals surface area contributed by atoms with Crippen molar-refractivity contribution in [2.24, 2.45) is 0 Å². The Kier molecular flexibility index (Phi) is 8.03. The number of carbonyl (C=O) groups is 2. The lowest BCUT2D eigenvalue weighted by Gasteiger charge is -2.30. The summed E-state index contributed by atoms with van der Waals surface area (Å²) in [6.07, 6.45) is 0. The van der Waals surface area contributed by atoms with Gasteiger partial charge < -0.3 is 19.2 Å². The van der Waals surface area contributed by atoms with Gasteiger partial charge in [-0.25, -0.2) is 9.59 Å². The highest BCUT2D eigenvalue weighted by molar-refractivity contribution is 6.02. The average Bonchev–Trinajstić information content (AvgIpc) is 2.97. The average molecular weight is 553 g/mol. The van der Waals surface area contributed by atoms with Crippen LogP contribution in [0.15, 0.2) is 105 Å². The molecule has 1 atom stereocenters. The van der Waals surface area contributed by atoms with Crippen molar-refractivity contribution in [3.63, 3.8) is 0 Å². The number of rotatable bonds is 8.